The number of ether oxygens (including phenoxy) is 1. The van der Waals surface area contributed by atoms with Crippen molar-refractivity contribution < 1.29 is 27.9 Å². The molecule has 3 heterocycles. The number of nitrogens with zero attached hydrogens (tertiary/aromatic N) is 3. The number of rotatable bonds is 2. The van der Waals surface area contributed by atoms with Crippen molar-refractivity contribution in [3.8, 4) is 11.8 Å². The molecule has 198 valence electrons. The number of hydrogen-bond donors (Lipinski definition) is 1. The number of halogens is 2. The molecule has 2 atom stereocenters. The van der Waals surface area contributed by atoms with Crippen LogP contribution < -0.4 is 11.0 Å². The number of piperidine rings is 2. The molecule has 0 spiro atoms. The molecule has 0 aliphatic carbocycles. The van der Waals surface area contributed by atoms with Crippen molar-refractivity contribution in [2.75, 3.05) is 6.54 Å². The minimum atomic E-state index is -3.13. The van der Waals surface area contributed by atoms with Crippen LogP contribution in [-0.4, -0.2) is 56.1 Å². The normalized spacial score (nSPS) is 21.8. The highest BCUT2D eigenvalue weighted by Gasteiger charge is 2.48. The average Bonchev–Trinajstić information content (AvgIpc) is 3.04. The molecular formula is C26H30F2N4O5. The van der Waals surface area contributed by atoms with Crippen LogP contribution in [0, 0.1) is 11.8 Å². The third-order valence-electron chi connectivity index (χ3n) is 6.54. The van der Waals surface area contributed by atoms with Crippen LogP contribution in [0.5, 0.6) is 0 Å². The number of aromatic nitrogens is 2. The van der Waals surface area contributed by atoms with Gasteiger partial charge in [0, 0.05) is 32.9 Å². The number of carbonyl (C=O) groups excluding carboxylic acids is 3. The third kappa shape index (κ3) is 5.24. The maximum Gasteiger partial charge on any atom is 0.410 e. The van der Waals surface area contributed by atoms with E-state index in [2.05, 4.69) is 17.2 Å². The number of amides is 3. The molecule has 9 nitrogen and oxygen atoms in total. The zero-order chi connectivity index (χ0) is 27.1. The van der Waals surface area contributed by atoms with Crippen LogP contribution in [0.25, 0.3) is 11.0 Å². The minimum Gasteiger partial charge on any atom is -0.444 e. The highest BCUT2D eigenvalue weighted by atomic mass is 19.3. The maximum atomic E-state index is 14.9. The molecule has 37 heavy (non-hydrogen) atoms. The van der Waals surface area contributed by atoms with Crippen LogP contribution >= 0.6 is 0 Å². The predicted octanol–water partition coefficient (Wildman–Crippen LogP) is 3.09. The second-order valence-electron chi connectivity index (χ2n) is 10.4. The predicted molar refractivity (Wildman–Crippen MR) is 131 cm³/mol. The van der Waals surface area contributed by atoms with E-state index in [1.807, 2.05) is 0 Å². The highest BCUT2D eigenvalue weighted by molar-refractivity contribution is 6.00. The number of imide groups is 1. The Morgan fingerprint density at radius 3 is 2.65 bits per heavy atom. The Balaban J connectivity index is 1.66. The first kappa shape index (κ1) is 26.4. The fourth-order valence-electron chi connectivity index (χ4n) is 4.85. The van der Waals surface area contributed by atoms with Gasteiger partial charge in [-0.2, -0.15) is 0 Å². The topological polar surface area (TPSA) is 103 Å². The summed E-state index contributed by atoms with van der Waals surface area (Å²) in [5, 5.41) is 2.26. The third-order valence-corrected chi connectivity index (χ3v) is 6.54. The Kier molecular flexibility index (Phi) is 6.88. The first-order chi connectivity index (χ1) is 17.3. The van der Waals surface area contributed by atoms with E-state index < -0.39 is 41.3 Å². The van der Waals surface area contributed by atoms with Gasteiger partial charge in [0.25, 0.3) is 5.92 Å². The number of nitrogens with one attached hydrogen (secondary N) is 1. The molecule has 2 fully saturated rings. The van der Waals surface area contributed by atoms with Crippen molar-refractivity contribution in [1.82, 2.24) is 19.4 Å². The van der Waals surface area contributed by atoms with Gasteiger partial charge in [-0.3, -0.25) is 28.9 Å². The Morgan fingerprint density at radius 2 is 1.97 bits per heavy atom. The van der Waals surface area contributed by atoms with Crippen LogP contribution in [0.15, 0.2) is 23.0 Å². The van der Waals surface area contributed by atoms with E-state index in [-0.39, 0.29) is 44.6 Å². The number of imidazole rings is 1. The van der Waals surface area contributed by atoms with Crippen molar-refractivity contribution in [2.45, 2.75) is 76.5 Å². The molecule has 1 aromatic heterocycles. The molecular weight excluding hydrogens is 486 g/mol. The van der Waals surface area contributed by atoms with E-state index >= 15 is 0 Å². The second-order valence-corrected chi connectivity index (χ2v) is 10.4. The van der Waals surface area contributed by atoms with Crippen LogP contribution in [-0.2, 0) is 21.4 Å². The second kappa shape index (κ2) is 9.65. The van der Waals surface area contributed by atoms with Gasteiger partial charge in [-0.1, -0.05) is 17.9 Å². The summed E-state index contributed by atoms with van der Waals surface area (Å²) in [6.07, 6.45) is -0.975. The summed E-state index contributed by atoms with van der Waals surface area (Å²) in [5.41, 5.74) is 0.0481. The summed E-state index contributed by atoms with van der Waals surface area (Å²) in [4.78, 5) is 50.7. The van der Waals surface area contributed by atoms with E-state index in [4.69, 9.17) is 4.74 Å². The Bertz CT molecular complexity index is 1380. The lowest BCUT2D eigenvalue weighted by Crippen LogP contribution is -2.55. The summed E-state index contributed by atoms with van der Waals surface area (Å²) in [6.45, 7) is 5.17. The van der Waals surface area contributed by atoms with Crippen molar-refractivity contribution in [3.63, 3.8) is 0 Å². The maximum absolute atomic E-state index is 14.9. The van der Waals surface area contributed by atoms with Crippen molar-refractivity contribution in [2.24, 2.45) is 7.05 Å². The molecule has 2 aromatic rings. The number of aryl methyl sites for hydroxylation is 1. The molecule has 3 amide bonds. The van der Waals surface area contributed by atoms with Gasteiger partial charge >= 0.3 is 11.8 Å². The molecule has 2 unspecified atom stereocenters. The average molecular weight is 517 g/mol. The zero-order valence-corrected chi connectivity index (χ0v) is 21.3. The van der Waals surface area contributed by atoms with E-state index in [0.29, 0.717) is 16.6 Å². The van der Waals surface area contributed by atoms with Gasteiger partial charge in [0.2, 0.25) is 11.8 Å². The van der Waals surface area contributed by atoms with Crippen LogP contribution in [0.3, 0.4) is 0 Å². The SMILES string of the molecule is Cn1c(=O)n(C2CCC(=O)NC2=O)c2cccc(C#CCC3N(C(=O)OC(C)(C)C)CCCC3(F)F)c21. The van der Waals surface area contributed by atoms with Gasteiger partial charge in [-0.15, -0.1) is 0 Å². The van der Waals surface area contributed by atoms with Gasteiger partial charge in [0.15, 0.2) is 0 Å². The van der Waals surface area contributed by atoms with Gasteiger partial charge in [-0.05, 0) is 45.7 Å². The Hall–Kier alpha value is -3.68. The molecule has 0 saturated carbocycles. The number of fused-ring (bicyclic) bond motifs is 1. The highest BCUT2D eigenvalue weighted by Crippen LogP contribution is 2.35. The lowest BCUT2D eigenvalue weighted by Gasteiger charge is -2.40. The van der Waals surface area contributed by atoms with Crippen molar-refractivity contribution >= 4 is 28.9 Å². The van der Waals surface area contributed by atoms with Gasteiger partial charge < -0.3 is 4.74 Å². The van der Waals surface area contributed by atoms with E-state index in [1.54, 1.807) is 39.0 Å². The summed E-state index contributed by atoms with van der Waals surface area (Å²) >= 11 is 0. The van der Waals surface area contributed by atoms with Gasteiger partial charge in [0.05, 0.1) is 16.6 Å². The Morgan fingerprint density at radius 1 is 1.24 bits per heavy atom. The summed E-state index contributed by atoms with van der Waals surface area (Å²) in [6, 6.07) is 2.70. The Labute approximate surface area is 212 Å². The van der Waals surface area contributed by atoms with Gasteiger partial charge in [-0.25, -0.2) is 18.4 Å². The van der Waals surface area contributed by atoms with Crippen molar-refractivity contribution in [3.05, 3.63) is 34.2 Å². The molecule has 4 rings (SSSR count). The van der Waals surface area contributed by atoms with E-state index in [9.17, 15) is 28.0 Å². The van der Waals surface area contributed by atoms with Gasteiger partial charge in [0.1, 0.15) is 17.7 Å². The van der Waals surface area contributed by atoms with Crippen LogP contribution in [0.1, 0.15) is 64.5 Å². The summed E-state index contributed by atoms with van der Waals surface area (Å²) in [7, 11) is 1.54. The molecule has 2 aliphatic rings. The quantitative estimate of drug-likeness (QED) is 0.488. The molecule has 2 aliphatic heterocycles. The monoisotopic (exact) mass is 516 g/mol. The fourth-order valence-corrected chi connectivity index (χ4v) is 4.85. The fraction of sp³-hybridized carbons (Fsp3) is 0.538. The van der Waals surface area contributed by atoms with Crippen molar-refractivity contribution in [1.29, 1.82) is 0 Å². The smallest absolute Gasteiger partial charge is 0.410 e. The molecule has 2 saturated heterocycles. The minimum absolute atomic E-state index is 0.114. The number of hydrogen-bond acceptors (Lipinski definition) is 5. The largest absolute Gasteiger partial charge is 0.444 e. The number of benzene rings is 1. The summed E-state index contributed by atoms with van der Waals surface area (Å²) < 4.78 is 37.7. The lowest BCUT2D eigenvalue weighted by atomic mass is 9.95. The van der Waals surface area contributed by atoms with E-state index in [1.165, 1.54) is 16.2 Å². The van der Waals surface area contributed by atoms with Crippen LogP contribution in [0.2, 0.25) is 0 Å². The first-order valence-electron chi connectivity index (χ1n) is 12.2. The number of carbonyl (C=O) groups is 3. The van der Waals surface area contributed by atoms with E-state index in [0.717, 1.165) is 4.90 Å². The number of alkyl halides is 2. The first-order valence-corrected chi connectivity index (χ1v) is 12.2. The summed E-state index contributed by atoms with van der Waals surface area (Å²) in [5.74, 6) is 1.62. The lowest BCUT2D eigenvalue weighted by molar-refractivity contribution is -0.135. The standard InChI is InChI=1S/C26H30F2N4O5/c1-25(2,3)37-24(36)31-15-7-14-26(27,28)19(31)11-6-9-16-8-5-10-17-21(16)30(4)23(35)32(17)18-12-13-20(33)29-22(18)34/h5,8,10,18-19H,7,11-15H2,1-4H3,(H,29,33,34). The number of para-hydroxylation sites is 1. The molecule has 1 aromatic carbocycles. The molecule has 0 bridgehead atoms. The molecule has 0 radical (unpaired) electrons. The van der Waals surface area contributed by atoms with Crippen LogP contribution in [0.4, 0.5) is 13.6 Å². The molecule has 1 N–H and O–H groups in total. The number of likely N-dealkylation sites (tertiary alicyclic amines) is 1. The molecule has 11 heteroatoms. The zero-order valence-electron chi connectivity index (χ0n) is 21.3.